The number of nitrogens with one attached hydrogen (secondary N) is 1. The summed E-state index contributed by atoms with van der Waals surface area (Å²) < 4.78 is 23.9. The molecule has 126 valence electrons. The number of aliphatic hydroxyl groups excluding tert-OH is 1. The van der Waals surface area contributed by atoms with E-state index in [-0.39, 0.29) is 17.7 Å². The molecule has 1 saturated carbocycles. The normalized spacial score (nSPS) is 23.9. The molecule has 24 heavy (non-hydrogen) atoms. The van der Waals surface area contributed by atoms with Crippen LogP contribution in [0.1, 0.15) is 30.5 Å². The Labute approximate surface area is 136 Å². The summed E-state index contributed by atoms with van der Waals surface area (Å²) in [5, 5.41) is 17.1. The zero-order chi connectivity index (χ0) is 16.7. The number of benzene rings is 1. The van der Waals surface area contributed by atoms with E-state index < -0.39 is 6.10 Å². The monoisotopic (exact) mass is 332 g/mol. The van der Waals surface area contributed by atoms with Crippen LogP contribution in [0.15, 0.2) is 27.1 Å². The van der Waals surface area contributed by atoms with E-state index in [1.54, 1.807) is 13.0 Å². The van der Waals surface area contributed by atoms with E-state index in [2.05, 4.69) is 20.4 Å². The molecule has 0 bridgehead atoms. The lowest BCUT2D eigenvalue weighted by atomic mass is 10.0. The lowest BCUT2D eigenvalue weighted by Crippen LogP contribution is -2.21. The number of hydrogen-bond acceptors (Lipinski definition) is 7. The number of nitrogens with zero attached hydrogens (tertiary/aromatic N) is 3. The minimum Gasteiger partial charge on any atom is -0.424 e. The SMILES string of the molecule is Cc1noc([C@H]2C[C@H](CNc3nc4cc(F)ccc4o3)[C@H](O)C2)n1. The van der Waals surface area contributed by atoms with Gasteiger partial charge in [-0.25, -0.2) is 4.39 Å². The van der Waals surface area contributed by atoms with Gasteiger partial charge in [0.25, 0.3) is 6.01 Å². The fraction of sp³-hybridized carbons (Fsp3) is 0.438. The van der Waals surface area contributed by atoms with E-state index in [4.69, 9.17) is 8.94 Å². The lowest BCUT2D eigenvalue weighted by molar-refractivity contribution is 0.137. The first-order chi connectivity index (χ1) is 11.6. The van der Waals surface area contributed by atoms with Crippen molar-refractivity contribution in [3.05, 3.63) is 35.7 Å². The van der Waals surface area contributed by atoms with Crippen molar-refractivity contribution >= 4 is 17.1 Å². The molecule has 4 rings (SSSR count). The minimum absolute atomic E-state index is 0.0222. The molecule has 7 nitrogen and oxygen atoms in total. The molecule has 0 amide bonds. The third-order valence-electron chi connectivity index (χ3n) is 4.42. The number of aromatic nitrogens is 3. The standard InChI is InChI=1S/C16H17FN4O3/c1-8-19-15(24-21-8)9-4-10(13(22)5-9)7-18-16-20-12-6-11(17)2-3-14(12)23-16/h2-3,6,9-10,13,22H,4-5,7H2,1H3,(H,18,20)/t9-,10+,13+/m0/s1. The topological polar surface area (TPSA) is 97.2 Å². The van der Waals surface area contributed by atoms with Gasteiger partial charge in [0, 0.05) is 24.4 Å². The van der Waals surface area contributed by atoms with Gasteiger partial charge in [0.15, 0.2) is 11.4 Å². The predicted octanol–water partition coefficient (Wildman–Crippen LogP) is 2.62. The molecule has 0 unspecified atom stereocenters. The smallest absolute Gasteiger partial charge is 0.295 e. The second kappa shape index (κ2) is 5.86. The second-order valence-electron chi connectivity index (χ2n) is 6.19. The second-order valence-corrected chi connectivity index (χ2v) is 6.19. The van der Waals surface area contributed by atoms with Gasteiger partial charge in [0.05, 0.1) is 6.10 Å². The Kier molecular flexibility index (Phi) is 3.68. The van der Waals surface area contributed by atoms with Gasteiger partial charge in [0.2, 0.25) is 5.89 Å². The van der Waals surface area contributed by atoms with Gasteiger partial charge in [-0.3, -0.25) is 0 Å². The molecule has 1 aliphatic carbocycles. The summed E-state index contributed by atoms with van der Waals surface area (Å²) in [5.41, 5.74) is 0.980. The number of oxazole rings is 1. The first kappa shape index (κ1) is 15.1. The average molecular weight is 332 g/mol. The number of hydrogen-bond donors (Lipinski definition) is 2. The summed E-state index contributed by atoms with van der Waals surface area (Å²) in [6.07, 6.45) is 0.869. The van der Waals surface area contributed by atoms with E-state index >= 15 is 0 Å². The van der Waals surface area contributed by atoms with Crippen LogP contribution in [0.3, 0.4) is 0 Å². The molecule has 1 aliphatic rings. The van der Waals surface area contributed by atoms with Gasteiger partial charge in [-0.15, -0.1) is 0 Å². The summed E-state index contributed by atoms with van der Waals surface area (Å²) in [6.45, 7) is 2.27. The number of halogens is 1. The molecule has 3 aromatic rings. The number of rotatable bonds is 4. The predicted molar refractivity (Wildman–Crippen MR) is 83.0 cm³/mol. The third-order valence-corrected chi connectivity index (χ3v) is 4.42. The van der Waals surface area contributed by atoms with Gasteiger partial charge in [-0.05, 0) is 31.9 Å². The van der Waals surface area contributed by atoms with Gasteiger partial charge in [-0.2, -0.15) is 9.97 Å². The first-order valence-corrected chi connectivity index (χ1v) is 7.86. The molecule has 0 saturated heterocycles. The molecular formula is C16H17FN4O3. The zero-order valence-corrected chi connectivity index (χ0v) is 13.1. The minimum atomic E-state index is -0.462. The average Bonchev–Trinajstić information content (AvgIpc) is 3.23. The van der Waals surface area contributed by atoms with Gasteiger partial charge < -0.3 is 19.4 Å². The first-order valence-electron chi connectivity index (χ1n) is 7.86. The van der Waals surface area contributed by atoms with Crippen LogP contribution in [0.5, 0.6) is 0 Å². The van der Waals surface area contributed by atoms with Crippen molar-refractivity contribution in [3.63, 3.8) is 0 Å². The van der Waals surface area contributed by atoms with Crippen molar-refractivity contribution in [2.24, 2.45) is 5.92 Å². The van der Waals surface area contributed by atoms with Crippen LogP contribution in [0.4, 0.5) is 10.4 Å². The Morgan fingerprint density at radius 1 is 1.33 bits per heavy atom. The van der Waals surface area contributed by atoms with Gasteiger partial charge >= 0.3 is 0 Å². The van der Waals surface area contributed by atoms with Crippen LogP contribution in [0, 0.1) is 18.7 Å². The molecule has 2 N–H and O–H groups in total. The van der Waals surface area contributed by atoms with Crippen molar-refractivity contribution in [1.82, 2.24) is 15.1 Å². The molecule has 3 atom stereocenters. The molecular weight excluding hydrogens is 315 g/mol. The maximum atomic E-state index is 13.2. The van der Waals surface area contributed by atoms with Crippen molar-refractivity contribution in [1.29, 1.82) is 0 Å². The van der Waals surface area contributed by atoms with E-state index in [0.717, 1.165) is 6.42 Å². The van der Waals surface area contributed by atoms with E-state index in [1.165, 1.54) is 12.1 Å². The van der Waals surface area contributed by atoms with Crippen molar-refractivity contribution in [3.8, 4) is 0 Å². The highest BCUT2D eigenvalue weighted by Gasteiger charge is 2.36. The fourth-order valence-corrected chi connectivity index (χ4v) is 3.20. The Morgan fingerprint density at radius 3 is 3.00 bits per heavy atom. The molecule has 0 spiro atoms. The van der Waals surface area contributed by atoms with E-state index in [0.29, 0.717) is 41.8 Å². The molecule has 2 heterocycles. The molecule has 1 fully saturated rings. The van der Waals surface area contributed by atoms with Crippen LogP contribution >= 0.6 is 0 Å². The van der Waals surface area contributed by atoms with Crippen LogP contribution in [0.25, 0.3) is 11.1 Å². The van der Waals surface area contributed by atoms with Crippen molar-refractivity contribution in [2.45, 2.75) is 31.8 Å². The van der Waals surface area contributed by atoms with Gasteiger partial charge in [0.1, 0.15) is 11.3 Å². The number of fused-ring (bicyclic) bond motifs is 1. The molecule has 2 aromatic heterocycles. The Morgan fingerprint density at radius 2 is 2.21 bits per heavy atom. The van der Waals surface area contributed by atoms with Crippen LogP contribution in [0.2, 0.25) is 0 Å². The Hall–Kier alpha value is -2.48. The summed E-state index contributed by atoms with van der Waals surface area (Å²) in [6, 6.07) is 4.51. The summed E-state index contributed by atoms with van der Waals surface area (Å²) >= 11 is 0. The number of anilines is 1. The zero-order valence-electron chi connectivity index (χ0n) is 13.1. The van der Waals surface area contributed by atoms with Crippen molar-refractivity contribution < 1.29 is 18.4 Å². The van der Waals surface area contributed by atoms with Crippen LogP contribution in [-0.2, 0) is 0 Å². The molecule has 0 aliphatic heterocycles. The highest BCUT2D eigenvalue weighted by atomic mass is 19.1. The maximum Gasteiger partial charge on any atom is 0.295 e. The highest BCUT2D eigenvalue weighted by molar-refractivity contribution is 5.74. The highest BCUT2D eigenvalue weighted by Crippen LogP contribution is 2.38. The molecule has 0 radical (unpaired) electrons. The van der Waals surface area contributed by atoms with E-state index in [1.807, 2.05) is 0 Å². The Balaban J connectivity index is 1.41. The lowest BCUT2D eigenvalue weighted by Gasteiger charge is -2.13. The maximum absolute atomic E-state index is 13.2. The van der Waals surface area contributed by atoms with Gasteiger partial charge in [-0.1, -0.05) is 5.16 Å². The van der Waals surface area contributed by atoms with Crippen LogP contribution < -0.4 is 5.32 Å². The van der Waals surface area contributed by atoms with Crippen LogP contribution in [-0.4, -0.2) is 32.9 Å². The number of aliphatic hydroxyl groups is 1. The molecule has 8 heteroatoms. The quantitative estimate of drug-likeness (QED) is 0.758. The summed E-state index contributed by atoms with van der Waals surface area (Å²) in [4.78, 5) is 8.44. The summed E-state index contributed by atoms with van der Waals surface area (Å²) in [7, 11) is 0. The summed E-state index contributed by atoms with van der Waals surface area (Å²) in [5.74, 6) is 0.900. The largest absolute Gasteiger partial charge is 0.424 e. The fourth-order valence-electron chi connectivity index (χ4n) is 3.20. The van der Waals surface area contributed by atoms with Crippen molar-refractivity contribution in [2.75, 3.05) is 11.9 Å². The van der Waals surface area contributed by atoms with E-state index in [9.17, 15) is 9.50 Å². The Bertz CT molecular complexity index is 862. The third kappa shape index (κ3) is 2.84. The molecule has 1 aromatic carbocycles. The number of aryl methyl sites for hydroxylation is 1.